The highest BCUT2D eigenvalue weighted by molar-refractivity contribution is 5.77. The second kappa shape index (κ2) is 7.35. The fraction of sp³-hybridized carbons (Fsp3) is 0.462. The van der Waals surface area contributed by atoms with Crippen molar-refractivity contribution in [2.24, 2.45) is 0 Å². The van der Waals surface area contributed by atoms with Crippen LogP contribution in [-0.2, 0) is 4.79 Å². The van der Waals surface area contributed by atoms with E-state index in [4.69, 9.17) is 4.74 Å². The zero-order valence-electron chi connectivity index (χ0n) is 11.1. The van der Waals surface area contributed by atoms with Crippen LogP contribution in [0.1, 0.15) is 25.3 Å². The minimum atomic E-state index is -0.448. The molecule has 0 saturated carbocycles. The van der Waals surface area contributed by atoms with Crippen LogP contribution in [0.5, 0.6) is 5.75 Å². The number of carbonyl (C=O) groups is 1. The normalized spacial score (nSPS) is 10.0. The number of nitrogens with one attached hydrogen (secondary N) is 1. The van der Waals surface area contributed by atoms with Gasteiger partial charge >= 0.3 is 0 Å². The predicted molar refractivity (Wildman–Crippen MR) is 71.2 cm³/mol. The van der Waals surface area contributed by atoms with Crippen LogP contribution in [-0.4, -0.2) is 24.0 Å². The van der Waals surface area contributed by atoms with E-state index in [-0.39, 0.29) is 18.2 Å². The number of benzene rings is 1. The third-order valence-electron chi connectivity index (χ3n) is 2.59. The number of amides is 1. The van der Waals surface area contributed by atoms with Crippen molar-refractivity contribution in [2.45, 2.75) is 26.7 Å². The third-order valence-corrected chi connectivity index (χ3v) is 2.59. The lowest BCUT2D eigenvalue weighted by atomic mass is 10.2. The molecule has 0 fully saturated rings. The van der Waals surface area contributed by atoms with Gasteiger partial charge in [0.25, 0.3) is 11.6 Å². The molecule has 1 rings (SSSR count). The highest BCUT2D eigenvalue weighted by atomic mass is 16.6. The Hall–Kier alpha value is -2.11. The standard InChI is InChI=1S/C13H18N2O4/c1-3-4-7-14-13(16)9-19-11-5-6-12(15(17)18)10(2)8-11/h5-6,8H,3-4,7,9H2,1-2H3,(H,14,16). The number of hydrogen-bond acceptors (Lipinski definition) is 4. The van der Waals surface area contributed by atoms with Crippen LogP contribution in [0.3, 0.4) is 0 Å². The Kier molecular flexibility index (Phi) is 5.78. The van der Waals surface area contributed by atoms with Gasteiger partial charge in [0.1, 0.15) is 5.75 Å². The van der Waals surface area contributed by atoms with Crippen LogP contribution in [0, 0.1) is 17.0 Å². The smallest absolute Gasteiger partial charge is 0.272 e. The molecule has 6 heteroatoms. The molecule has 1 aromatic rings. The van der Waals surface area contributed by atoms with Crippen LogP contribution in [0.15, 0.2) is 18.2 Å². The zero-order chi connectivity index (χ0) is 14.3. The Balaban J connectivity index is 2.48. The maximum Gasteiger partial charge on any atom is 0.272 e. The van der Waals surface area contributed by atoms with Crippen molar-refractivity contribution < 1.29 is 14.5 Å². The molecule has 0 heterocycles. The highest BCUT2D eigenvalue weighted by Gasteiger charge is 2.11. The summed E-state index contributed by atoms with van der Waals surface area (Å²) >= 11 is 0. The van der Waals surface area contributed by atoms with Gasteiger partial charge in [-0.15, -0.1) is 0 Å². The highest BCUT2D eigenvalue weighted by Crippen LogP contribution is 2.22. The monoisotopic (exact) mass is 266 g/mol. The molecular weight excluding hydrogens is 248 g/mol. The molecule has 0 bridgehead atoms. The van der Waals surface area contributed by atoms with Crippen molar-refractivity contribution in [3.63, 3.8) is 0 Å². The molecule has 0 aliphatic carbocycles. The number of aryl methyl sites for hydroxylation is 1. The largest absolute Gasteiger partial charge is 0.484 e. The lowest BCUT2D eigenvalue weighted by Crippen LogP contribution is -2.29. The van der Waals surface area contributed by atoms with Crippen molar-refractivity contribution in [1.82, 2.24) is 5.32 Å². The Labute approximate surface area is 111 Å². The second-order valence-electron chi connectivity index (χ2n) is 4.20. The lowest BCUT2D eigenvalue weighted by Gasteiger charge is -2.07. The number of rotatable bonds is 7. The molecule has 104 valence electrons. The van der Waals surface area contributed by atoms with Gasteiger partial charge in [-0.2, -0.15) is 0 Å². The van der Waals surface area contributed by atoms with E-state index in [0.29, 0.717) is 17.9 Å². The van der Waals surface area contributed by atoms with E-state index in [1.165, 1.54) is 12.1 Å². The van der Waals surface area contributed by atoms with Gasteiger partial charge in [-0.3, -0.25) is 14.9 Å². The number of carbonyl (C=O) groups excluding carboxylic acids is 1. The minimum Gasteiger partial charge on any atom is -0.484 e. The summed E-state index contributed by atoms with van der Waals surface area (Å²) < 4.78 is 5.28. The quantitative estimate of drug-likeness (QED) is 0.466. The van der Waals surface area contributed by atoms with E-state index in [2.05, 4.69) is 5.32 Å². The van der Waals surface area contributed by atoms with Crippen LogP contribution >= 0.6 is 0 Å². The second-order valence-corrected chi connectivity index (χ2v) is 4.20. The lowest BCUT2D eigenvalue weighted by molar-refractivity contribution is -0.385. The van der Waals surface area contributed by atoms with Gasteiger partial charge in [0.05, 0.1) is 4.92 Å². The molecule has 0 unspecified atom stereocenters. The first-order valence-corrected chi connectivity index (χ1v) is 6.19. The molecular formula is C13H18N2O4. The van der Waals surface area contributed by atoms with Gasteiger partial charge in [0.2, 0.25) is 0 Å². The van der Waals surface area contributed by atoms with Crippen LogP contribution in [0.4, 0.5) is 5.69 Å². The molecule has 1 amide bonds. The van der Waals surface area contributed by atoms with Gasteiger partial charge in [0.15, 0.2) is 6.61 Å². The van der Waals surface area contributed by atoms with E-state index in [1.54, 1.807) is 13.0 Å². The van der Waals surface area contributed by atoms with Crippen molar-refractivity contribution >= 4 is 11.6 Å². The van der Waals surface area contributed by atoms with Gasteiger partial charge in [-0.1, -0.05) is 13.3 Å². The van der Waals surface area contributed by atoms with Crippen molar-refractivity contribution in [2.75, 3.05) is 13.2 Å². The zero-order valence-corrected chi connectivity index (χ0v) is 11.1. The van der Waals surface area contributed by atoms with E-state index < -0.39 is 4.92 Å². The summed E-state index contributed by atoms with van der Waals surface area (Å²) in [5.41, 5.74) is 0.550. The number of hydrogen-bond donors (Lipinski definition) is 1. The number of unbranched alkanes of at least 4 members (excludes halogenated alkanes) is 1. The summed E-state index contributed by atoms with van der Waals surface area (Å²) in [6, 6.07) is 4.42. The summed E-state index contributed by atoms with van der Waals surface area (Å²) in [5, 5.41) is 13.4. The molecule has 0 atom stereocenters. The van der Waals surface area contributed by atoms with Crippen molar-refractivity contribution in [3.8, 4) is 5.75 Å². The molecule has 0 aliphatic rings. The van der Waals surface area contributed by atoms with Gasteiger partial charge in [-0.05, 0) is 25.5 Å². The van der Waals surface area contributed by atoms with Crippen LogP contribution in [0.25, 0.3) is 0 Å². The molecule has 6 nitrogen and oxygen atoms in total. The van der Waals surface area contributed by atoms with E-state index in [1.807, 2.05) is 6.92 Å². The summed E-state index contributed by atoms with van der Waals surface area (Å²) in [6.07, 6.45) is 1.95. The molecule has 1 N–H and O–H groups in total. The molecule has 0 radical (unpaired) electrons. The molecule has 0 aromatic heterocycles. The number of ether oxygens (including phenoxy) is 1. The maximum atomic E-state index is 11.4. The Morgan fingerprint density at radius 2 is 2.21 bits per heavy atom. The molecule has 0 saturated heterocycles. The third kappa shape index (κ3) is 4.95. The first kappa shape index (κ1) is 14.9. The average Bonchev–Trinajstić information content (AvgIpc) is 2.36. The molecule has 19 heavy (non-hydrogen) atoms. The number of nitro benzene ring substituents is 1. The Morgan fingerprint density at radius 3 is 2.79 bits per heavy atom. The van der Waals surface area contributed by atoms with E-state index >= 15 is 0 Å². The first-order valence-electron chi connectivity index (χ1n) is 6.19. The summed E-state index contributed by atoms with van der Waals surface area (Å²) in [4.78, 5) is 21.6. The van der Waals surface area contributed by atoms with Gasteiger partial charge < -0.3 is 10.1 Å². The topological polar surface area (TPSA) is 81.5 Å². The SMILES string of the molecule is CCCCNC(=O)COc1ccc([N+](=O)[O-])c(C)c1. The Morgan fingerprint density at radius 1 is 1.47 bits per heavy atom. The summed E-state index contributed by atoms with van der Waals surface area (Å²) in [7, 11) is 0. The minimum absolute atomic E-state index is 0.0414. The maximum absolute atomic E-state index is 11.4. The van der Waals surface area contributed by atoms with Gasteiger partial charge in [-0.25, -0.2) is 0 Å². The number of nitro groups is 1. The van der Waals surface area contributed by atoms with Crippen LogP contribution in [0.2, 0.25) is 0 Å². The van der Waals surface area contributed by atoms with Crippen molar-refractivity contribution in [3.05, 3.63) is 33.9 Å². The molecule has 0 aliphatic heterocycles. The van der Waals surface area contributed by atoms with Gasteiger partial charge in [0, 0.05) is 18.2 Å². The fourth-order valence-corrected chi connectivity index (χ4v) is 1.53. The predicted octanol–water partition coefficient (Wildman–Crippen LogP) is 2.20. The molecule has 0 spiro atoms. The van der Waals surface area contributed by atoms with E-state index in [0.717, 1.165) is 12.8 Å². The summed E-state index contributed by atoms with van der Waals surface area (Å²) in [6.45, 7) is 4.23. The Bertz CT molecular complexity index is 460. The first-order chi connectivity index (χ1) is 9.04. The average molecular weight is 266 g/mol. The van der Waals surface area contributed by atoms with Crippen LogP contribution < -0.4 is 10.1 Å². The van der Waals surface area contributed by atoms with E-state index in [9.17, 15) is 14.9 Å². The molecule has 1 aromatic carbocycles. The summed E-state index contributed by atoms with van der Waals surface area (Å²) in [5.74, 6) is 0.262. The number of nitrogens with zero attached hydrogens (tertiary/aromatic N) is 1. The van der Waals surface area contributed by atoms with Crippen molar-refractivity contribution in [1.29, 1.82) is 0 Å². The fourth-order valence-electron chi connectivity index (χ4n) is 1.53.